The number of hydrogen-bond donors (Lipinski definition) is 0. The predicted octanol–water partition coefficient (Wildman–Crippen LogP) is 12.4. The van der Waals surface area contributed by atoms with Crippen LogP contribution in [-0.2, 0) is 0 Å². The highest BCUT2D eigenvalue weighted by Crippen LogP contribution is 2.41. The van der Waals surface area contributed by atoms with Gasteiger partial charge in [-0.25, -0.2) is 15.0 Å². The van der Waals surface area contributed by atoms with E-state index in [1.807, 2.05) is 36.4 Å². The third-order valence-corrected chi connectivity index (χ3v) is 9.77. The molecule has 0 N–H and O–H groups in total. The van der Waals surface area contributed by atoms with Gasteiger partial charge in [0.15, 0.2) is 17.5 Å². The molecule has 10 rings (SSSR count). The summed E-state index contributed by atoms with van der Waals surface area (Å²) in [5.41, 5.74) is 9.11. The van der Waals surface area contributed by atoms with E-state index in [0.717, 1.165) is 71.3 Å². The molecule has 0 saturated carbocycles. The van der Waals surface area contributed by atoms with Crippen molar-refractivity contribution in [3.8, 4) is 56.4 Å². The number of fused-ring (bicyclic) bond motifs is 5. The average Bonchev–Trinajstić information content (AvgIpc) is 3.60. The second kappa shape index (κ2) is 11.9. The van der Waals surface area contributed by atoms with Crippen LogP contribution >= 0.6 is 0 Å². The van der Waals surface area contributed by atoms with Crippen LogP contribution in [0.15, 0.2) is 180 Å². The third kappa shape index (κ3) is 4.88. The number of benzene rings is 8. The molecule has 0 spiro atoms. The van der Waals surface area contributed by atoms with Crippen molar-refractivity contribution in [1.82, 2.24) is 15.0 Å². The molecule has 4 heteroatoms. The van der Waals surface area contributed by atoms with Crippen molar-refractivity contribution in [3.63, 3.8) is 0 Å². The van der Waals surface area contributed by atoms with Crippen molar-refractivity contribution in [2.75, 3.05) is 0 Å². The molecule has 10 aromatic rings. The van der Waals surface area contributed by atoms with Gasteiger partial charge in [-0.2, -0.15) is 0 Å². The van der Waals surface area contributed by atoms with E-state index < -0.39 is 0 Å². The first-order chi connectivity index (χ1) is 25.3. The summed E-state index contributed by atoms with van der Waals surface area (Å²) in [7, 11) is 0. The Balaban J connectivity index is 1.19. The van der Waals surface area contributed by atoms with Crippen molar-refractivity contribution in [3.05, 3.63) is 176 Å². The van der Waals surface area contributed by atoms with E-state index in [9.17, 15) is 0 Å². The Bertz CT molecular complexity index is 2910. The van der Waals surface area contributed by atoms with Crippen LogP contribution < -0.4 is 0 Å². The lowest BCUT2D eigenvalue weighted by atomic mass is 9.93. The van der Waals surface area contributed by atoms with E-state index in [1.165, 1.54) is 11.1 Å². The molecule has 0 aliphatic carbocycles. The molecule has 238 valence electrons. The van der Waals surface area contributed by atoms with Gasteiger partial charge in [-0.05, 0) is 50.4 Å². The van der Waals surface area contributed by atoms with E-state index in [0.29, 0.717) is 17.5 Å². The average molecular weight is 652 g/mol. The number of furan rings is 1. The molecular formula is C47H29N3O. The van der Waals surface area contributed by atoms with Crippen LogP contribution in [0.1, 0.15) is 0 Å². The summed E-state index contributed by atoms with van der Waals surface area (Å²) in [4.78, 5) is 15.5. The van der Waals surface area contributed by atoms with Gasteiger partial charge in [0.1, 0.15) is 11.2 Å². The number of para-hydroxylation sites is 2. The van der Waals surface area contributed by atoms with Gasteiger partial charge in [0.2, 0.25) is 0 Å². The third-order valence-electron chi connectivity index (χ3n) is 9.77. The Hall–Kier alpha value is -6.91. The molecule has 0 atom stereocenters. The highest BCUT2D eigenvalue weighted by molar-refractivity contribution is 6.13. The smallest absolute Gasteiger partial charge is 0.164 e. The van der Waals surface area contributed by atoms with Crippen LogP contribution in [0, 0.1) is 0 Å². The van der Waals surface area contributed by atoms with Gasteiger partial charge < -0.3 is 4.42 Å². The molecule has 0 aliphatic rings. The molecule has 51 heavy (non-hydrogen) atoms. The van der Waals surface area contributed by atoms with Gasteiger partial charge in [0.25, 0.3) is 0 Å². The summed E-state index contributed by atoms with van der Waals surface area (Å²) in [5, 5.41) is 6.63. The van der Waals surface area contributed by atoms with Gasteiger partial charge in [0.05, 0.1) is 0 Å². The SMILES string of the molecule is c1ccc(-c2nc(-c3cccc4c(-c5ccccc5)cccc34)nc(-c3ccc(-c4cccc5c4oc4ccccc45)c4ccccc34)n2)cc1. The molecule has 0 bridgehead atoms. The zero-order valence-corrected chi connectivity index (χ0v) is 27.5. The quantitative estimate of drug-likeness (QED) is 0.186. The maximum Gasteiger partial charge on any atom is 0.164 e. The maximum atomic E-state index is 6.47. The molecule has 2 aromatic heterocycles. The summed E-state index contributed by atoms with van der Waals surface area (Å²) in [6, 6.07) is 60.9. The van der Waals surface area contributed by atoms with Gasteiger partial charge in [0, 0.05) is 33.0 Å². The van der Waals surface area contributed by atoms with Crippen LogP contribution in [0.5, 0.6) is 0 Å². The summed E-state index contributed by atoms with van der Waals surface area (Å²) in [5.74, 6) is 1.89. The fourth-order valence-corrected chi connectivity index (χ4v) is 7.40. The standard InChI is InChI=1S/C47H29N3O/c1-3-14-30(15-4-1)32-21-11-23-36-33(32)22-12-26-41(36)46-48-45(31-16-5-2-6-17-31)49-47(50-46)42-29-28-37(34-18-7-8-19-35(34)42)39-24-13-25-40-38-20-9-10-27-43(38)51-44(39)40/h1-29H. The number of aromatic nitrogens is 3. The first kappa shape index (κ1) is 29.0. The monoisotopic (exact) mass is 651 g/mol. The summed E-state index contributed by atoms with van der Waals surface area (Å²) < 4.78 is 6.47. The molecule has 0 amide bonds. The first-order valence-electron chi connectivity index (χ1n) is 17.1. The Labute approximate surface area is 294 Å². The summed E-state index contributed by atoms with van der Waals surface area (Å²) in [6.45, 7) is 0. The normalized spacial score (nSPS) is 11.5. The first-order valence-corrected chi connectivity index (χ1v) is 17.1. The molecule has 0 saturated heterocycles. The van der Waals surface area contributed by atoms with Gasteiger partial charge in [-0.1, -0.05) is 164 Å². The van der Waals surface area contributed by atoms with Crippen molar-refractivity contribution < 1.29 is 4.42 Å². The van der Waals surface area contributed by atoms with E-state index >= 15 is 0 Å². The van der Waals surface area contributed by atoms with Crippen molar-refractivity contribution in [2.24, 2.45) is 0 Å². The van der Waals surface area contributed by atoms with E-state index in [-0.39, 0.29) is 0 Å². The minimum Gasteiger partial charge on any atom is -0.455 e. The summed E-state index contributed by atoms with van der Waals surface area (Å²) in [6.07, 6.45) is 0. The van der Waals surface area contributed by atoms with Crippen LogP contribution in [0.2, 0.25) is 0 Å². The lowest BCUT2D eigenvalue weighted by molar-refractivity contribution is 0.670. The fraction of sp³-hybridized carbons (Fsp3) is 0. The van der Waals surface area contributed by atoms with Crippen LogP contribution in [0.25, 0.3) is 99.9 Å². The van der Waals surface area contributed by atoms with Crippen molar-refractivity contribution in [1.29, 1.82) is 0 Å². The number of rotatable bonds is 5. The van der Waals surface area contributed by atoms with Crippen LogP contribution in [-0.4, -0.2) is 15.0 Å². The highest BCUT2D eigenvalue weighted by Gasteiger charge is 2.19. The minimum atomic E-state index is 0.625. The van der Waals surface area contributed by atoms with Gasteiger partial charge in [-0.15, -0.1) is 0 Å². The molecule has 2 heterocycles. The number of hydrogen-bond acceptors (Lipinski definition) is 4. The van der Waals surface area contributed by atoms with Crippen molar-refractivity contribution >= 4 is 43.5 Å². The lowest BCUT2D eigenvalue weighted by Crippen LogP contribution is -2.01. The topological polar surface area (TPSA) is 51.8 Å². The number of nitrogens with zero attached hydrogens (tertiary/aromatic N) is 3. The van der Waals surface area contributed by atoms with E-state index in [2.05, 4.69) is 140 Å². The van der Waals surface area contributed by atoms with E-state index in [4.69, 9.17) is 19.4 Å². The zero-order chi connectivity index (χ0) is 33.7. The molecule has 8 aromatic carbocycles. The summed E-state index contributed by atoms with van der Waals surface area (Å²) >= 11 is 0. The molecule has 0 fully saturated rings. The van der Waals surface area contributed by atoms with Crippen molar-refractivity contribution in [2.45, 2.75) is 0 Å². The molecule has 0 radical (unpaired) electrons. The largest absolute Gasteiger partial charge is 0.455 e. The van der Waals surface area contributed by atoms with Crippen LogP contribution in [0.3, 0.4) is 0 Å². The van der Waals surface area contributed by atoms with Gasteiger partial charge in [-0.3, -0.25) is 0 Å². The maximum absolute atomic E-state index is 6.47. The van der Waals surface area contributed by atoms with E-state index in [1.54, 1.807) is 0 Å². The molecule has 0 unspecified atom stereocenters. The highest BCUT2D eigenvalue weighted by atomic mass is 16.3. The molecular weight excluding hydrogens is 623 g/mol. The Morgan fingerprint density at radius 3 is 1.43 bits per heavy atom. The van der Waals surface area contributed by atoms with Crippen LogP contribution in [0.4, 0.5) is 0 Å². The molecule has 0 aliphatic heterocycles. The second-order valence-corrected chi connectivity index (χ2v) is 12.7. The fourth-order valence-electron chi connectivity index (χ4n) is 7.40. The Morgan fingerprint density at radius 1 is 0.275 bits per heavy atom. The van der Waals surface area contributed by atoms with Gasteiger partial charge >= 0.3 is 0 Å². The Kier molecular flexibility index (Phi) is 6.78. The second-order valence-electron chi connectivity index (χ2n) is 12.7. The minimum absolute atomic E-state index is 0.625. The predicted molar refractivity (Wildman–Crippen MR) is 209 cm³/mol. The Morgan fingerprint density at radius 2 is 0.725 bits per heavy atom. The molecule has 4 nitrogen and oxygen atoms in total. The lowest BCUT2D eigenvalue weighted by Gasteiger charge is -2.14. The zero-order valence-electron chi connectivity index (χ0n) is 27.5.